The molecule has 98 valence electrons. The molecule has 0 aromatic heterocycles. The van der Waals surface area contributed by atoms with E-state index < -0.39 is 0 Å². The molecule has 0 unspecified atom stereocenters. The maximum absolute atomic E-state index is 12.0. The third-order valence-electron chi connectivity index (χ3n) is 3.07. The van der Waals surface area contributed by atoms with E-state index in [1.165, 1.54) is 0 Å². The molecule has 0 bridgehead atoms. The van der Waals surface area contributed by atoms with E-state index >= 15 is 0 Å². The topological polar surface area (TPSA) is 49.8 Å². The Hall–Kier alpha value is -1.07. The molecule has 1 aliphatic heterocycles. The largest absolute Gasteiger partial charge is 0.484 e. The minimum Gasteiger partial charge on any atom is -0.484 e. The van der Waals surface area contributed by atoms with E-state index in [0.717, 1.165) is 17.3 Å². The number of benzene rings is 1. The molecule has 1 aliphatic rings. The third-order valence-corrected chi connectivity index (χ3v) is 3.56. The molecule has 4 nitrogen and oxygen atoms in total. The summed E-state index contributed by atoms with van der Waals surface area (Å²) in [6.45, 7) is 0.765. The summed E-state index contributed by atoms with van der Waals surface area (Å²) in [6.07, 6.45) is 1.83. The van der Waals surface area contributed by atoms with Crippen LogP contribution in [0.1, 0.15) is 12.8 Å². The molecule has 1 fully saturated rings. The van der Waals surface area contributed by atoms with E-state index in [1.807, 2.05) is 24.3 Å². The molecule has 2 rings (SSSR count). The van der Waals surface area contributed by atoms with Gasteiger partial charge in [0.15, 0.2) is 6.61 Å². The van der Waals surface area contributed by atoms with Crippen LogP contribution in [0.3, 0.4) is 0 Å². The first-order valence-corrected chi connectivity index (χ1v) is 6.78. The first-order chi connectivity index (χ1) is 8.70. The second-order valence-corrected chi connectivity index (χ2v) is 5.23. The number of carbonyl (C=O) groups is 1. The molecule has 1 saturated heterocycles. The Kier molecular flexibility index (Phi) is 4.60. The Balaban J connectivity index is 1.88. The number of hydrogen-bond donors (Lipinski definition) is 1. The van der Waals surface area contributed by atoms with E-state index in [9.17, 15) is 4.79 Å². The van der Waals surface area contributed by atoms with Crippen molar-refractivity contribution in [1.82, 2.24) is 4.90 Å². The lowest BCUT2D eigenvalue weighted by Gasteiger charge is -2.22. The van der Waals surface area contributed by atoms with Gasteiger partial charge in [-0.15, -0.1) is 0 Å². The molecule has 1 N–H and O–H groups in total. The summed E-state index contributed by atoms with van der Waals surface area (Å²) in [6, 6.07) is 7.35. The summed E-state index contributed by atoms with van der Waals surface area (Å²) in [5.41, 5.74) is 0. The average Bonchev–Trinajstić information content (AvgIpc) is 2.84. The summed E-state index contributed by atoms with van der Waals surface area (Å²) in [4.78, 5) is 13.7. The zero-order valence-corrected chi connectivity index (χ0v) is 11.6. The minimum absolute atomic E-state index is 0.0208. The Labute approximate surface area is 115 Å². The molecule has 1 heterocycles. The number of nitrogens with zero attached hydrogens (tertiary/aromatic N) is 1. The summed E-state index contributed by atoms with van der Waals surface area (Å²) in [5, 5.41) is 9.17. The summed E-state index contributed by atoms with van der Waals surface area (Å²) >= 11 is 3.35. The number of amides is 1. The number of ether oxygens (including phenoxy) is 1. The second-order valence-electron chi connectivity index (χ2n) is 4.31. The van der Waals surface area contributed by atoms with Crippen molar-refractivity contribution >= 4 is 21.8 Å². The number of carbonyl (C=O) groups excluding carboxylic acids is 1. The number of rotatable bonds is 4. The Bertz CT molecular complexity index is 424. The average molecular weight is 314 g/mol. The number of aliphatic hydroxyl groups excluding tert-OH is 1. The van der Waals surface area contributed by atoms with E-state index in [0.29, 0.717) is 12.3 Å². The van der Waals surface area contributed by atoms with Gasteiger partial charge in [0.05, 0.1) is 12.6 Å². The van der Waals surface area contributed by atoms with Crippen molar-refractivity contribution in [2.45, 2.75) is 18.9 Å². The van der Waals surface area contributed by atoms with Gasteiger partial charge in [-0.05, 0) is 31.0 Å². The van der Waals surface area contributed by atoms with Crippen LogP contribution in [0, 0.1) is 0 Å². The molecule has 0 radical (unpaired) electrons. The van der Waals surface area contributed by atoms with Crippen molar-refractivity contribution in [2.75, 3.05) is 19.8 Å². The van der Waals surface area contributed by atoms with Crippen molar-refractivity contribution < 1.29 is 14.6 Å². The Morgan fingerprint density at radius 2 is 2.39 bits per heavy atom. The fraction of sp³-hybridized carbons (Fsp3) is 0.462. The van der Waals surface area contributed by atoms with Gasteiger partial charge in [-0.1, -0.05) is 22.0 Å². The quantitative estimate of drug-likeness (QED) is 0.922. The second kappa shape index (κ2) is 6.20. The maximum Gasteiger partial charge on any atom is 0.260 e. The van der Waals surface area contributed by atoms with Crippen molar-refractivity contribution in [2.24, 2.45) is 0 Å². The van der Waals surface area contributed by atoms with E-state index in [1.54, 1.807) is 4.90 Å². The summed E-state index contributed by atoms with van der Waals surface area (Å²) < 4.78 is 6.37. The number of aliphatic hydroxyl groups is 1. The summed E-state index contributed by atoms with van der Waals surface area (Å²) in [7, 11) is 0. The monoisotopic (exact) mass is 313 g/mol. The molecule has 18 heavy (non-hydrogen) atoms. The Morgan fingerprint density at radius 3 is 3.11 bits per heavy atom. The first kappa shape index (κ1) is 13.4. The van der Waals surface area contributed by atoms with Gasteiger partial charge in [0.25, 0.3) is 5.91 Å². The molecular formula is C13H16BrNO3. The molecule has 5 heteroatoms. The zero-order chi connectivity index (χ0) is 13.0. The van der Waals surface area contributed by atoms with Crippen molar-refractivity contribution in [3.63, 3.8) is 0 Å². The molecular weight excluding hydrogens is 298 g/mol. The summed E-state index contributed by atoms with van der Waals surface area (Å²) in [5.74, 6) is 0.601. The molecule has 0 saturated carbocycles. The van der Waals surface area contributed by atoms with Gasteiger partial charge in [0.1, 0.15) is 5.75 Å². The SMILES string of the molecule is O=C(COc1cccc(Br)c1)N1CCC[C@H]1CO. The number of halogens is 1. The molecule has 1 atom stereocenters. The van der Waals surface area contributed by atoms with Crippen LogP contribution < -0.4 is 4.74 Å². The zero-order valence-electron chi connectivity index (χ0n) is 10.0. The fourth-order valence-corrected chi connectivity index (χ4v) is 2.52. The van der Waals surface area contributed by atoms with Gasteiger partial charge in [-0.3, -0.25) is 4.79 Å². The van der Waals surface area contributed by atoms with Gasteiger partial charge in [0, 0.05) is 11.0 Å². The standard InChI is InChI=1S/C13H16BrNO3/c14-10-3-1-5-12(7-10)18-9-13(17)15-6-2-4-11(15)8-16/h1,3,5,7,11,16H,2,4,6,8-9H2/t11-/m0/s1. The van der Waals surface area contributed by atoms with Crippen molar-refractivity contribution in [3.8, 4) is 5.75 Å². The third kappa shape index (κ3) is 3.23. The minimum atomic E-state index is -0.0634. The maximum atomic E-state index is 12.0. The van der Waals surface area contributed by atoms with E-state index in [-0.39, 0.29) is 25.2 Å². The molecule has 0 aliphatic carbocycles. The predicted molar refractivity (Wildman–Crippen MR) is 71.5 cm³/mol. The predicted octanol–water partition coefficient (Wildman–Crippen LogP) is 1.81. The molecule has 0 spiro atoms. The van der Waals surface area contributed by atoms with E-state index in [4.69, 9.17) is 9.84 Å². The highest BCUT2D eigenvalue weighted by Gasteiger charge is 2.27. The number of likely N-dealkylation sites (tertiary alicyclic amines) is 1. The van der Waals surface area contributed by atoms with Crippen molar-refractivity contribution in [1.29, 1.82) is 0 Å². The van der Waals surface area contributed by atoms with Crippen LogP contribution in [-0.4, -0.2) is 41.7 Å². The normalized spacial score (nSPS) is 19.0. The van der Waals surface area contributed by atoms with Crippen LogP contribution in [0.25, 0.3) is 0 Å². The first-order valence-electron chi connectivity index (χ1n) is 5.99. The van der Waals surface area contributed by atoms with Gasteiger partial charge < -0.3 is 14.7 Å². The highest BCUT2D eigenvalue weighted by Crippen LogP contribution is 2.19. The van der Waals surface area contributed by atoms with Gasteiger partial charge >= 0.3 is 0 Å². The van der Waals surface area contributed by atoms with Crippen LogP contribution in [0.2, 0.25) is 0 Å². The van der Waals surface area contributed by atoms with Crippen molar-refractivity contribution in [3.05, 3.63) is 28.7 Å². The van der Waals surface area contributed by atoms with Crippen LogP contribution >= 0.6 is 15.9 Å². The smallest absolute Gasteiger partial charge is 0.260 e. The van der Waals surface area contributed by atoms with E-state index in [2.05, 4.69) is 15.9 Å². The van der Waals surface area contributed by atoms with Crippen LogP contribution in [0.4, 0.5) is 0 Å². The van der Waals surface area contributed by atoms with Crippen LogP contribution in [0.5, 0.6) is 5.75 Å². The molecule has 1 aromatic carbocycles. The Morgan fingerprint density at radius 1 is 1.56 bits per heavy atom. The molecule has 1 aromatic rings. The van der Waals surface area contributed by atoms with Crippen LogP contribution in [-0.2, 0) is 4.79 Å². The van der Waals surface area contributed by atoms with Gasteiger partial charge in [-0.25, -0.2) is 0 Å². The lowest BCUT2D eigenvalue weighted by Crippen LogP contribution is -2.40. The van der Waals surface area contributed by atoms with Gasteiger partial charge in [-0.2, -0.15) is 0 Å². The lowest BCUT2D eigenvalue weighted by molar-refractivity contribution is -0.134. The highest BCUT2D eigenvalue weighted by molar-refractivity contribution is 9.10. The lowest BCUT2D eigenvalue weighted by atomic mass is 10.2. The number of hydrogen-bond acceptors (Lipinski definition) is 3. The highest BCUT2D eigenvalue weighted by atomic mass is 79.9. The fourth-order valence-electron chi connectivity index (χ4n) is 2.14. The van der Waals surface area contributed by atoms with Gasteiger partial charge in [0.2, 0.25) is 0 Å². The van der Waals surface area contributed by atoms with Crippen LogP contribution in [0.15, 0.2) is 28.7 Å². The molecule has 1 amide bonds.